The number of amides is 3. The van der Waals surface area contributed by atoms with E-state index in [0.29, 0.717) is 24.1 Å². The first-order valence-corrected chi connectivity index (χ1v) is 6.53. The van der Waals surface area contributed by atoms with Gasteiger partial charge in [0.25, 0.3) is 11.8 Å². The van der Waals surface area contributed by atoms with Gasteiger partial charge in [0.15, 0.2) is 0 Å². The van der Waals surface area contributed by atoms with E-state index in [0.717, 1.165) is 4.90 Å². The highest BCUT2D eigenvalue weighted by atomic mass is 16.2. The number of nitrogens with two attached hydrogens (primary N) is 1. The zero-order valence-electron chi connectivity index (χ0n) is 11.3. The summed E-state index contributed by atoms with van der Waals surface area (Å²) >= 11 is 0. The van der Waals surface area contributed by atoms with E-state index < -0.39 is 11.8 Å². The molecule has 1 heterocycles. The minimum absolute atomic E-state index is 0.141. The number of nitrogens with one attached hydrogen (secondary N) is 1. The molecule has 20 heavy (non-hydrogen) atoms. The molecule has 2 rings (SSSR count). The van der Waals surface area contributed by atoms with E-state index in [2.05, 4.69) is 5.32 Å². The van der Waals surface area contributed by atoms with Crippen molar-refractivity contribution in [3.8, 4) is 0 Å². The van der Waals surface area contributed by atoms with Crippen molar-refractivity contribution in [2.45, 2.75) is 19.4 Å². The molecule has 1 aliphatic rings. The second kappa shape index (κ2) is 5.83. The normalized spacial score (nSPS) is 15.2. The maximum Gasteiger partial charge on any atom is 0.262 e. The summed E-state index contributed by atoms with van der Waals surface area (Å²) in [7, 11) is 0. The number of benzene rings is 1. The Kier molecular flexibility index (Phi) is 4.14. The number of imide groups is 1. The Morgan fingerprint density at radius 3 is 2.25 bits per heavy atom. The van der Waals surface area contributed by atoms with Gasteiger partial charge in [0.2, 0.25) is 5.91 Å². The average Bonchev–Trinajstić information content (AvgIpc) is 2.70. The number of hydrogen-bond acceptors (Lipinski definition) is 4. The average molecular weight is 275 g/mol. The van der Waals surface area contributed by atoms with Crippen LogP contribution in [0, 0.1) is 0 Å². The van der Waals surface area contributed by atoms with Crippen LogP contribution in [0.5, 0.6) is 0 Å². The van der Waals surface area contributed by atoms with Gasteiger partial charge in [-0.05, 0) is 18.6 Å². The van der Waals surface area contributed by atoms with Crippen molar-refractivity contribution >= 4 is 17.7 Å². The van der Waals surface area contributed by atoms with Gasteiger partial charge in [-0.15, -0.1) is 0 Å². The molecule has 0 saturated heterocycles. The van der Waals surface area contributed by atoms with E-state index in [1.807, 2.05) is 6.92 Å². The first kappa shape index (κ1) is 14.2. The van der Waals surface area contributed by atoms with Gasteiger partial charge >= 0.3 is 0 Å². The highest BCUT2D eigenvalue weighted by molar-refractivity contribution is 6.22. The molecule has 1 aliphatic heterocycles. The second-order valence-electron chi connectivity index (χ2n) is 4.65. The number of fused-ring (bicyclic) bond motifs is 1. The molecule has 1 atom stereocenters. The largest absolute Gasteiger partial charge is 0.351 e. The molecule has 1 aromatic carbocycles. The first-order chi connectivity index (χ1) is 9.58. The molecular formula is C14H17N3O3. The maximum atomic E-state index is 12.1. The predicted molar refractivity (Wildman–Crippen MR) is 73.1 cm³/mol. The molecule has 0 fully saturated rings. The SMILES string of the molecule is CCC(CN)NC(=O)CN1C(=O)c2ccccc2C1=O. The lowest BCUT2D eigenvalue weighted by Gasteiger charge is -2.18. The van der Waals surface area contributed by atoms with E-state index in [4.69, 9.17) is 5.73 Å². The fourth-order valence-corrected chi connectivity index (χ4v) is 2.13. The molecule has 0 aliphatic carbocycles. The van der Waals surface area contributed by atoms with E-state index >= 15 is 0 Å². The summed E-state index contributed by atoms with van der Waals surface area (Å²) < 4.78 is 0. The quantitative estimate of drug-likeness (QED) is 0.747. The van der Waals surface area contributed by atoms with Crippen LogP contribution in [0.1, 0.15) is 34.1 Å². The van der Waals surface area contributed by atoms with E-state index in [9.17, 15) is 14.4 Å². The highest BCUT2D eigenvalue weighted by Gasteiger charge is 2.36. The summed E-state index contributed by atoms with van der Waals surface area (Å²) in [6, 6.07) is 6.41. The van der Waals surface area contributed by atoms with Gasteiger partial charge in [-0.2, -0.15) is 0 Å². The smallest absolute Gasteiger partial charge is 0.262 e. The van der Waals surface area contributed by atoms with Crippen molar-refractivity contribution < 1.29 is 14.4 Å². The fourth-order valence-electron chi connectivity index (χ4n) is 2.13. The Bertz CT molecular complexity index is 517. The molecule has 0 radical (unpaired) electrons. The van der Waals surface area contributed by atoms with Gasteiger partial charge in [0, 0.05) is 12.6 Å². The third kappa shape index (κ3) is 2.55. The fraction of sp³-hybridized carbons (Fsp3) is 0.357. The Hall–Kier alpha value is -2.21. The predicted octanol–water partition coefficient (Wildman–Crippen LogP) is 0.136. The summed E-state index contributed by atoms with van der Waals surface area (Å²) in [6.07, 6.45) is 0.699. The Morgan fingerprint density at radius 1 is 1.25 bits per heavy atom. The third-order valence-corrected chi connectivity index (χ3v) is 3.32. The molecule has 0 spiro atoms. The lowest BCUT2D eigenvalue weighted by molar-refractivity contribution is -0.122. The molecule has 0 aromatic heterocycles. The highest BCUT2D eigenvalue weighted by Crippen LogP contribution is 2.21. The monoisotopic (exact) mass is 275 g/mol. The minimum Gasteiger partial charge on any atom is -0.351 e. The molecule has 106 valence electrons. The molecule has 6 heteroatoms. The summed E-state index contributed by atoms with van der Waals surface area (Å²) in [5, 5.41) is 2.70. The van der Waals surface area contributed by atoms with Crippen LogP contribution >= 0.6 is 0 Å². The number of nitrogens with zero attached hydrogens (tertiary/aromatic N) is 1. The minimum atomic E-state index is -0.429. The van der Waals surface area contributed by atoms with Gasteiger partial charge in [0.1, 0.15) is 6.54 Å². The standard InChI is InChI=1S/C14H17N3O3/c1-2-9(7-15)16-12(18)8-17-13(19)10-5-3-4-6-11(10)14(17)20/h3-6,9H,2,7-8,15H2,1H3,(H,16,18). The van der Waals surface area contributed by atoms with Gasteiger partial charge < -0.3 is 11.1 Å². The summed E-state index contributed by atoms with van der Waals surface area (Å²) in [5.41, 5.74) is 6.19. The van der Waals surface area contributed by atoms with Crippen molar-refractivity contribution in [2.24, 2.45) is 5.73 Å². The van der Waals surface area contributed by atoms with Crippen molar-refractivity contribution in [3.05, 3.63) is 35.4 Å². The van der Waals surface area contributed by atoms with Crippen LogP contribution in [-0.2, 0) is 4.79 Å². The number of hydrogen-bond donors (Lipinski definition) is 2. The van der Waals surface area contributed by atoms with Crippen molar-refractivity contribution in [1.82, 2.24) is 10.2 Å². The van der Waals surface area contributed by atoms with Crippen LogP contribution in [-0.4, -0.2) is 41.8 Å². The number of carbonyl (C=O) groups excluding carboxylic acids is 3. The van der Waals surface area contributed by atoms with Crippen molar-refractivity contribution in [1.29, 1.82) is 0 Å². The van der Waals surface area contributed by atoms with Crippen molar-refractivity contribution in [2.75, 3.05) is 13.1 Å². The molecular weight excluding hydrogens is 258 g/mol. The first-order valence-electron chi connectivity index (χ1n) is 6.53. The number of carbonyl (C=O) groups is 3. The van der Waals surface area contributed by atoms with Crippen LogP contribution < -0.4 is 11.1 Å². The lowest BCUT2D eigenvalue weighted by atomic mass is 10.1. The number of rotatable bonds is 5. The van der Waals surface area contributed by atoms with Gasteiger partial charge in [-0.25, -0.2) is 0 Å². The summed E-state index contributed by atoms with van der Waals surface area (Å²) in [5.74, 6) is -1.24. The summed E-state index contributed by atoms with van der Waals surface area (Å²) in [6.45, 7) is 1.95. The van der Waals surface area contributed by atoms with E-state index in [1.54, 1.807) is 24.3 Å². The van der Waals surface area contributed by atoms with Crippen LogP contribution in [0.25, 0.3) is 0 Å². The Morgan fingerprint density at radius 2 is 1.80 bits per heavy atom. The molecule has 1 unspecified atom stereocenters. The molecule has 0 saturated carbocycles. The van der Waals surface area contributed by atoms with Crippen LogP contribution in [0.2, 0.25) is 0 Å². The zero-order valence-corrected chi connectivity index (χ0v) is 11.3. The molecule has 0 bridgehead atoms. The molecule has 1 aromatic rings. The van der Waals surface area contributed by atoms with Gasteiger partial charge in [-0.3, -0.25) is 19.3 Å². The van der Waals surface area contributed by atoms with E-state index in [-0.39, 0.29) is 18.5 Å². The zero-order chi connectivity index (χ0) is 14.7. The van der Waals surface area contributed by atoms with Gasteiger partial charge in [0.05, 0.1) is 11.1 Å². The topological polar surface area (TPSA) is 92.5 Å². The van der Waals surface area contributed by atoms with E-state index in [1.165, 1.54) is 0 Å². The van der Waals surface area contributed by atoms with Crippen LogP contribution in [0.15, 0.2) is 24.3 Å². The summed E-state index contributed by atoms with van der Waals surface area (Å²) in [4.78, 5) is 37.0. The lowest BCUT2D eigenvalue weighted by Crippen LogP contribution is -2.46. The molecule has 3 N–H and O–H groups in total. The third-order valence-electron chi connectivity index (χ3n) is 3.32. The van der Waals surface area contributed by atoms with Crippen LogP contribution in [0.3, 0.4) is 0 Å². The van der Waals surface area contributed by atoms with Crippen LogP contribution in [0.4, 0.5) is 0 Å². The molecule has 3 amide bonds. The molecule has 6 nitrogen and oxygen atoms in total. The Balaban J connectivity index is 2.07. The Labute approximate surface area is 116 Å². The van der Waals surface area contributed by atoms with Crippen molar-refractivity contribution in [3.63, 3.8) is 0 Å². The second-order valence-corrected chi connectivity index (χ2v) is 4.65. The van der Waals surface area contributed by atoms with Gasteiger partial charge in [-0.1, -0.05) is 19.1 Å². The maximum absolute atomic E-state index is 12.1.